The Bertz CT molecular complexity index is 716. The highest BCUT2D eigenvalue weighted by molar-refractivity contribution is 5.57. The van der Waals surface area contributed by atoms with Crippen LogP contribution in [-0.4, -0.2) is 57.1 Å². The van der Waals surface area contributed by atoms with Gasteiger partial charge in [0, 0.05) is 30.0 Å². The Labute approximate surface area is 149 Å². The average molecular weight is 345 g/mol. The van der Waals surface area contributed by atoms with Crippen molar-refractivity contribution in [1.29, 1.82) is 0 Å². The van der Waals surface area contributed by atoms with Gasteiger partial charge in [-0.2, -0.15) is 0 Å². The van der Waals surface area contributed by atoms with Crippen LogP contribution < -0.4 is 4.74 Å². The molecular formula is C20H27NO4. The van der Waals surface area contributed by atoms with Crippen LogP contribution in [0.5, 0.6) is 11.5 Å². The third-order valence-corrected chi connectivity index (χ3v) is 6.63. The highest BCUT2D eigenvalue weighted by Gasteiger charge is 2.56. The Morgan fingerprint density at radius 2 is 2.00 bits per heavy atom. The minimum Gasteiger partial charge on any atom is -0.504 e. The van der Waals surface area contributed by atoms with E-state index in [1.54, 1.807) is 21.3 Å². The highest BCUT2D eigenvalue weighted by atomic mass is 16.5. The summed E-state index contributed by atoms with van der Waals surface area (Å²) in [5.74, 6) is 2.07. The van der Waals surface area contributed by atoms with Crippen LogP contribution in [-0.2, 0) is 21.3 Å². The summed E-state index contributed by atoms with van der Waals surface area (Å²) < 4.78 is 16.8. The first-order valence-electron chi connectivity index (χ1n) is 8.93. The zero-order valence-electron chi connectivity index (χ0n) is 15.4. The van der Waals surface area contributed by atoms with Gasteiger partial charge in [-0.15, -0.1) is 0 Å². The van der Waals surface area contributed by atoms with E-state index in [0.717, 1.165) is 37.1 Å². The van der Waals surface area contributed by atoms with Gasteiger partial charge in [-0.25, -0.2) is 0 Å². The van der Waals surface area contributed by atoms with Crippen LogP contribution >= 0.6 is 0 Å². The summed E-state index contributed by atoms with van der Waals surface area (Å²) in [6, 6.07) is 4.42. The van der Waals surface area contributed by atoms with E-state index in [1.807, 2.05) is 6.07 Å². The van der Waals surface area contributed by atoms with Crippen molar-refractivity contribution in [3.8, 4) is 11.5 Å². The molecule has 4 atom stereocenters. The zero-order valence-corrected chi connectivity index (χ0v) is 15.4. The number of ether oxygens (including phenoxy) is 3. The van der Waals surface area contributed by atoms with E-state index < -0.39 is 0 Å². The van der Waals surface area contributed by atoms with Gasteiger partial charge in [0.05, 0.1) is 14.2 Å². The quantitative estimate of drug-likeness (QED) is 0.912. The van der Waals surface area contributed by atoms with E-state index in [-0.39, 0.29) is 11.5 Å². The summed E-state index contributed by atoms with van der Waals surface area (Å²) in [6.07, 6.45) is 4.92. The maximum atomic E-state index is 11.0. The van der Waals surface area contributed by atoms with Crippen LogP contribution in [0.4, 0.5) is 0 Å². The smallest absolute Gasteiger partial charge is 0.161 e. The number of likely N-dealkylation sites (N-methyl/N-ethyl adjacent to an activating group) is 1. The number of piperidine rings is 1. The van der Waals surface area contributed by atoms with Crippen molar-refractivity contribution in [2.45, 2.75) is 36.8 Å². The second-order valence-electron chi connectivity index (χ2n) is 7.54. The zero-order chi connectivity index (χ0) is 17.8. The predicted molar refractivity (Wildman–Crippen MR) is 95.1 cm³/mol. The molecule has 1 heterocycles. The van der Waals surface area contributed by atoms with Crippen molar-refractivity contribution in [2.75, 3.05) is 34.9 Å². The Kier molecular flexibility index (Phi) is 3.96. The number of fused-ring (bicyclic) bond motifs is 1. The van der Waals surface area contributed by atoms with E-state index in [2.05, 4.69) is 24.1 Å². The van der Waals surface area contributed by atoms with Crippen LogP contribution in [0.1, 0.15) is 24.0 Å². The average Bonchev–Trinajstić information content (AvgIpc) is 2.63. The molecule has 0 radical (unpaired) electrons. The van der Waals surface area contributed by atoms with E-state index in [0.29, 0.717) is 23.5 Å². The second-order valence-corrected chi connectivity index (χ2v) is 7.54. The number of likely N-dealkylation sites (tertiary alicyclic amines) is 1. The Morgan fingerprint density at radius 3 is 2.68 bits per heavy atom. The Balaban J connectivity index is 1.95. The van der Waals surface area contributed by atoms with Gasteiger partial charge in [0.15, 0.2) is 11.5 Å². The highest BCUT2D eigenvalue weighted by Crippen LogP contribution is 2.58. The second kappa shape index (κ2) is 5.92. The first-order valence-corrected chi connectivity index (χ1v) is 8.93. The fourth-order valence-electron chi connectivity index (χ4n) is 5.38. The monoisotopic (exact) mass is 345 g/mol. The lowest BCUT2D eigenvalue weighted by Crippen LogP contribution is -2.60. The molecule has 4 unspecified atom stereocenters. The van der Waals surface area contributed by atoms with Crippen LogP contribution in [0.25, 0.3) is 0 Å². The minimum atomic E-state index is -0.133. The molecule has 0 aromatic heterocycles. The molecule has 1 N–H and O–H groups in total. The number of methoxy groups -OCH3 is 3. The number of phenolic OH excluding ortho intramolecular Hbond substituents is 1. The van der Waals surface area contributed by atoms with Crippen molar-refractivity contribution >= 4 is 0 Å². The van der Waals surface area contributed by atoms with E-state index in [1.165, 1.54) is 5.56 Å². The molecule has 2 aliphatic carbocycles. The Morgan fingerprint density at radius 1 is 1.20 bits per heavy atom. The predicted octanol–water partition coefficient (Wildman–Crippen LogP) is 2.46. The molecule has 1 aliphatic heterocycles. The molecule has 4 rings (SSSR count). The number of nitrogens with zero attached hydrogens (tertiary/aromatic N) is 1. The molecule has 2 bridgehead atoms. The number of hydrogen-bond donors (Lipinski definition) is 1. The van der Waals surface area contributed by atoms with Gasteiger partial charge in [-0.3, -0.25) is 0 Å². The van der Waals surface area contributed by atoms with Gasteiger partial charge in [0.25, 0.3) is 0 Å². The van der Waals surface area contributed by atoms with Crippen molar-refractivity contribution < 1.29 is 19.3 Å². The molecule has 5 nitrogen and oxygen atoms in total. The van der Waals surface area contributed by atoms with Gasteiger partial charge in [-0.05, 0) is 50.6 Å². The van der Waals surface area contributed by atoms with Crippen molar-refractivity contribution in [3.63, 3.8) is 0 Å². The standard InChI is InChI=1S/C20H27NO4/c1-21-8-7-20-11-17(25-4)16(24-3)10-13(20)14(21)9-12-5-6-15(23-2)19(22)18(12)20/h5-6,10,13-14,17,22H,7-9,11H2,1-4H3. The number of aromatic hydroxyl groups is 1. The first-order chi connectivity index (χ1) is 12.1. The maximum absolute atomic E-state index is 11.0. The molecule has 136 valence electrons. The summed E-state index contributed by atoms with van der Waals surface area (Å²) in [4.78, 5) is 2.45. The number of phenols is 1. The molecule has 1 aromatic carbocycles. The van der Waals surface area contributed by atoms with Gasteiger partial charge in [0.1, 0.15) is 11.9 Å². The third kappa shape index (κ3) is 2.22. The lowest BCUT2D eigenvalue weighted by molar-refractivity contribution is -0.0188. The van der Waals surface area contributed by atoms with E-state index >= 15 is 0 Å². The molecule has 0 amide bonds. The normalized spacial score (nSPS) is 33.9. The molecule has 1 aromatic rings. The fourth-order valence-corrected chi connectivity index (χ4v) is 5.38. The topological polar surface area (TPSA) is 51.2 Å². The van der Waals surface area contributed by atoms with Crippen LogP contribution in [0, 0.1) is 5.92 Å². The molecule has 3 aliphatic rings. The van der Waals surface area contributed by atoms with Crippen molar-refractivity contribution in [1.82, 2.24) is 4.90 Å². The van der Waals surface area contributed by atoms with E-state index in [4.69, 9.17) is 14.2 Å². The molecule has 0 spiro atoms. The van der Waals surface area contributed by atoms with Gasteiger partial charge < -0.3 is 24.2 Å². The SMILES string of the molecule is COC1=CC2C3Cc4ccc(OC)c(O)c4C2(CCN3C)CC1OC. The van der Waals surface area contributed by atoms with Crippen LogP contribution in [0.15, 0.2) is 24.0 Å². The summed E-state index contributed by atoms with van der Waals surface area (Å²) >= 11 is 0. The molecular weight excluding hydrogens is 318 g/mol. The van der Waals surface area contributed by atoms with Crippen molar-refractivity contribution in [3.05, 3.63) is 35.1 Å². The summed E-state index contributed by atoms with van der Waals surface area (Å²) in [6.45, 7) is 1.02. The van der Waals surface area contributed by atoms with Gasteiger partial charge in [0.2, 0.25) is 0 Å². The summed E-state index contributed by atoms with van der Waals surface area (Å²) in [5, 5.41) is 11.0. The molecule has 5 heteroatoms. The summed E-state index contributed by atoms with van der Waals surface area (Å²) in [5.41, 5.74) is 2.16. The largest absolute Gasteiger partial charge is 0.504 e. The van der Waals surface area contributed by atoms with Crippen LogP contribution in [0.3, 0.4) is 0 Å². The first kappa shape index (κ1) is 16.7. The minimum absolute atomic E-state index is 0.0816. The van der Waals surface area contributed by atoms with E-state index in [9.17, 15) is 5.11 Å². The molecule has 1 fully saturated rings. The number of benzene rings is 1. The fraction of sp³-hybridized carbons (Fsp3) is 0.600. The Hall–Kier alpha value is -1.72. The van der Waals surface area contributed by atoms with Gasteiger partial charge in [-0.1, -0.05) is 6.07 Å². The third-order valence-electron chi connectivity index (χ3n) is 6.63. The van der Waals surface area contributed by atoms with Crippen LogP contribution in [0.2, 0.25) is 0 Å². The molecule has 1 saturated heterocycles. The number of hydrogen-bond acceptors (Lipinski definition) is 5. The van der Waals surface area contributed by atoms with Crippen molar-refractivity contribution in [2.24, 2.45) is 5.92 Å². The lowest BCUT2D eigenvalue weighted by atomic mass is 9.53. The lowest BCUT2D eigenvalue weighted by Gasteiger charge is -2.58. The molecule has 0 saturated carbocycles. The molecule has 25 heavy (non-hydrogen) atoms. The maximum Gasteiger partial charge on any atom is 0.161 e. The number of rotatable bonds is 3. The van der Waals surface area contributed by atoms with Gasteiger partial charge >= 0.3 is 0 Å². The summed E-state index contributed by atoms with van der Waals surface area (Å²) in [7, 11) is 7.26.